The third-order valence-corrected chi connectivity index (χ3v) is 2.62. The molecule has 5 nitrogen and oxygen atoms in total. The topological polar surface area (TPSA) is 70.7 Å². The van der Waals surface area contributed by atoms with E-state index in [0.717, 1.165) is 26.2 Å². The van der Waals surface area contributed by atoms with Gasteiger partial charge in [-0.25, -0.2) is 0 Å². The van der Waals surface area contributed by atoms with Crippen LogP contribution in [0.4, 0.5) is 11.4 Å². The number of nitrogens with two attached hydrogens (primary N) is 1. The van der Waals surface area contributed by atoms with Gasteiger partial charge in [0, 0.05) is 31.9 Å². The first-order valence-corrected chi connectivity index (χ1v) is 5.65. The van der Waals surface area contributed by atoms with Crippen LogP contribution in [0.25, 0.3) is 0 Å². The van der Waals surface area contributed by atoms with E-state index >= 15 is 0 Å². The van der Waals surface area contributed by atoms with Gasteiger partial charge in [-0.05, 0) is 18.2 Å². The zero-order chi connectivity index (χ0) is 12.1. The van der Waals surface area contributed by atoms with Crippen molar-refractivity contribution >= 4 is 23.5 Å². The molecule has 1 heterocycles. The van der Waals surface area contributed by atoms with Crippen LogP contribution in [0.2, 0.25) is 0 Å². The summed E-state index contributed by atoms with van der Waals surface area (Å²) in [6.45, 7) is 3.17. The summed E-state index contributed by atoms with van der Waals surface area (Å²) in [5.74, 6) is -0.0473. The van der Waals surface area contributed by atoms with Crippen LogP contribution in [0.5, 0.6) is 0 Å². The van der Waals surface area contributed by atoms with E-state index in [0.29, 0.717) is 11.4 Å². The number of hydrogen-bond donors (Lipinski definition) is 2. The molecule has 90 valence electrons. The number of hydrogen-bond acceptors (Lipinski definition) is 4. The van der Waals surface area contributed by atoms with Crippen LogP contribution in [0.15, 0.2) is 29.3 Å². The molecule has 0 bridgehead atoms. The monoisotopic (exact) mass is 232 g/mol. The minimum absolute atomic E-state index is 0.0473. The smallest absolute Gasteiger partial charge is 0.265 e. The largest absolute Gasteiger partial charge is 0.399 e. The van der Waals surface area contributed by atoms with Crippen LogP contribution in [0.3, 0.4) is 0 Å². The summed E-state index contributed by atoms with van der Waals surface area (Å²) in [4.78, 5) is 17.7. The summed E-state index contributed by atoms with van der Waals surface area (Å²) in [5.41, 5.74) is 6.98. The van der Waals surface area contributed by atoms with Crippen LogP contribution in [0.1, 0.15) is 0 Å². The van der Waals surface area contributed by atoms with E-state index in [1.165, 1.54) is 6.21 Å². The average molecular weight is 232 g/mol. The fourth-order valence-corrected chi connectivity index (χ4v) is 1.70. The van der Waals surface area contributed by atoms with Crippen molar-refractivity contribution in [2.75, 3.05) is 31.9 Å². The lowest BCUT2D eigenvalue weighted by Gasteiger charge is -2.25. The Bertz CT molecular complexity index is 424. The Kier molecular flexibility index (Phi) is 3.72. The van der Waals surface area contributed by atoms with Gasteiger partial charge >= 0.3 is 0 Å². The summed E-state index contributed by atoms with van der Waals surface area (Å²) in [6, 6.07) is 7.16. The minimum atomic E-state index is -0.0473. The Morgan fingerprint density at radius 3 is 2.88 bits per heavy atom. The minimum Gasteiger partial charge on any atom is -0.399 e. The lowest BCUT2D eigenvalue weighted by molar-refractivity contribution is -0.124. The maximum atomic E-state index is 11.8. The summed E-state index contributed by atoms with van der Waals surface area (Å²) in [7, 11) is 0. The molecule has 3 N–H and O–H groups in total. The molecule has 1 aliphatic heterocycles. The average Bonchev–Trinajstić information content (AvgIpc) is 2.37. The first-order chi connectivity index (χ1) is 8.25. The number of benzene rings is 1. The molecule has 0 radical (unpaired) electrons. The maximum Gasteiger partial charge on any atom is 0.265 e. The second-order valence-corrected chi connectivity index (χ2v) is 3.93. The quantitative estimate of drug-likeness (QED) is 0.573. The van der Waals surface area contributed by atoms with Gasteiger partial charge in [-0.1, -0.05) is 6.07 Å². The number of nitrogens with one attached hydrogen (secondary N) is 1. The summed E-state index contributed by atoms with van der Waals surface area (Å²) in [5, 5.41) is 3.20. The molecule has 5 heteroatoms. The van der Waals surface area contributed by atoms with Gasteiger partial charge in [-0.15, -0.1) is 0 Å². The van der Waals surface area contributed by atoms with Crippen molar-refractivity contribution < 1.29 is 4.79 Å². The van der Waals surface area contributed by atoms with Crippen molar-refractivity contribution in [3.05, 3.63) is 24.3 Å². The lowest BCUT2D eigenvalue weighted by atomic mass is 10.3. The van der Waals surface area contributed by atoms with E-state index < -0.39 is 0 Å². The molecule has 0 spiro atoms. The fraction of sp³-hybridized carbons (Fsp3) is 0.333. The second kappa shape index (κ2) is 5.45. The third kappa shape index (κ3) is 3.29. The van der Waals surface area contributed by atoms with Gasteiger partial charge in [0.1, 0.15) is 0 Å². The van der Waals surface area contributed by atoms with Gasteiger partial charge in [0.2, 0.25) is 0 Å². The van der Waals surface area contributed by atoms with E-state index in [-0.39, 0.29) is 5.91 Å². The van der Waals surface area contributed by atoms with Gasteiger partial charge in [-0.2, -0.15) is 0 Å². The van der Waals surface area contributed by atoms with Gasteiger partial charge in [0.05, 0.1) is 11.9 Å². The van der Waals surface area contributed by atoms with Crippen molar-refractivity contribution in [1.82, 2.24) is 10.2 Å². The normalized spacial score (nSPS) is 16.4. The lowest BCUT2D eigenvalue weighted by Crippen LogP contribution is -2.46. The van der Waals surface area contributed by atoms with Crippen molar-refractivity contribution in [1.29, 1.82) is 0 Å². The number of carbonyl (C=O) groups is 1. The molecule has 0 unspecified atom stereocenters. The molecule has 0 aliphatic carbocycles. The summed E-state index contributed by atoms with van der Waals surface area (Å²) >= 11 is 0. The molecule has 1 aliphatic rings. The molecule has 0 atom stereocenters. The number of carbonyl (C=O) groups excluding carboxylic acids is 1. The number of aliphatic imine (C=N–C) groups is 1. The number of nitrogen functional groups attached to an aromatic ring is 1. The molecule has 1 saturated heterocycles. The predicted octanol–water partition coefficient (Wildman–Crippen LogP) is 0.403. The molecule has 0 saturated carbocycles. The Morgan fingerprint density at radius 1 is 1.41 bits per heavy atom. The van der Waals surface area contributed by atoms with E-state index in [1.807, 2.05) is 12.1 Å². The molecular formula is C12H16N4O. The zero-order valence-electron chi connectivity index (χ0n) is 9.60. The first-order valence-electron chi connectivity index (χ1n) is 5.65. The van der Waals surface area contributed by atoms with E-state index in [4.69, 9.17) is 5.73 Å². The maximum absolute atomic E-state index is 11.8. The highest BCUT2D eigenvalue weighted by atomic mass is 16.2. The highest BCUT2D eigenvalue weighted by Crippen LogP contribution is 2.14. The molecule has 1 fully saturated rings. The number of rotatable bonds is 2. The Labute approximate surface area is 100 Å². The SMILES string of the molecule is Nc1cccc(N=CC(=O)N2CCNCC2)c1. The number of piperazine rings is 1. The standard InChI is InChI=1S/C12H16N4O/c13-10-2-1-3-11(8-10)15-9-12(17)16-6-4-14-5-7-16/h1-3,8-9,14H,4-7,13H2. The molecule has 2 rings (SSSR count). The Balaban J connectivity index is 1.97. The molecule has 1 amide bonds. The van der Waals surface area contributed by atoms with E-state index in [2.05, 4.69) is 10.3 Å². The molecule has 17 heavy (non-hydrogen) atoms. The predicted molar refractivity (Wildman–Crippen MR) is 68.5 cm³/mol. The van der Waals surface area contributed by atoms with Gasteiger partial charge in [0.25, 0.3) is 5.91 Å². The van der Waals surface area contributed by atoms with Crippen LogP contribution in [0, 0.1) is 0 Å². The van der Waals surface area contributed by atoms with Crippen molar-refractivity contribution in [2.24, 2.45) is 4.99 Å². The molecule has 1 aromatic carbocycles. The highest BCUT2D eigenvalue weighted by molar-refractivity contribution is 6.26. The first kappa shape index (κ1) is 11.6. The van der Waals surface area contributed by atoms with E-state index in [9.17, 15) is 4.79 Å². The second-order valence-electron chi connectivity index (χ2n) is 3.93. The van der Waals surface area contributed by atoms with E-state index in [1.54, 1.807) is 17.0 Å². The van der Waals surface area contributed by atoms with Crippen molar-refractivity contribution in [3.63, 3.8) is 0 Å². The molecule has 1 aromatic rings. The molecule has 0 aromatic heterocycles. The summed E-state index contributed by atoms with van der Waals surface area (Å²) < 4.78 is 0. The Morgan fingerprint density at radius 2 is 2.18 bits per heavy atom. The van der Waals surface area contributed by atoms with Gasteiger partial charge < -0.3 is 16.0 Å². The highest BCUT2D eigenvalue weighted by Gasteiger charge is 2.13. The summed E-state index contributed by atoms with van der Waals surface area (Å²) in [6.07, 6.45) is 1.36. The number of amides is 1. The fourth-order valence-electron chi connectivity index (χ4n) is 1.70. The number of nitrogens with zero attached hydrogens (tertiary/aromatic N) is 2. The number of anilines is 1. The van der Waals surface area contributed by atoms with Gasteiger partial charge in [0.15, 0.2) is 0 Å². The zero-order valence-corrected chi connectivity index (χ0v) is 9.60. The van der Waals surface area contributed by atoms with Crippen LogP contribution in [-0.4, -0.2) is 43.2 Å². The van der Waals surface area contributed by atoms with Crippen molar-refractivity contribution in [3.8, 4) is 0 Å². The van der Waals surface area contributed by atoms with Crippen LogP contribution < -0.4 is 11.1 Å². The van der Waals surface area contributed by atoms with Crippen LogP contribution in [-0.2, 0) is 4.79 Å². The Hall–Kier alpha value is -1.88. The third-order valence-electron chi connectivity index (χ3n) is 2.62. The van der Waals surface area contributed by atoms with Crippen LogP contribution >= 0.6 is 0 Å². The van der Waals surface area contributed by atoms with Crippen molar-refractivity contribution in [2.45, 2.75) is 0 Å². The molecular weight excluding hydrogens is 216 g/mol. The van der Waals surface area contributed by atoms with Gasteiger partial charge in [-0.3, -0.25) is 9.79 Å².